The maximum absolute atomic E-state index is 12.6. The van der Waals surface area contributed by atoms with Crippen molar-refractivity contribution in [3.8, 4) is 0 Å². The summed E-state index contributed by atoms with van der Waals surface area (Å²) in [6.07, 6.45) is 5.95. The Morgan fingerprint density at radius 2 is 1.68 bits per heavy atom. The van der Waals surface area contributed by atoms with Crippen LogP contribution in [0.5, 0.6) is 0 Å². The molecule has 0 bridgehead atoms. The molecular weight excluding hydrogens is 324 g/mol. The summed E-state index contributed by atoms with van der Waals surface area (Å²) in [6.45, 7) is 7.15. The van der Waals surface area contributed by atoms with Crippen LogP contribution < -0.4 is 0 Å². The SMILES string of the molecule is C=C(C)C1=CC(C(=O)OC)(C(=O)OC)[C@@H]2CC[C@@H](OC(C)=O)C=C[C@@H]12. The second-order valence-corrected chi connectivity index (χ2v) is 6.47. The molecule has 136 valence electrons. The second-order valence-electron chi connectivity index (χ2n) is 6.47. The van der Waals surface area contributed by atoms with E-state index in [2.05, 4.69) is 6.58 Å². The zero-order valence-corrected chi connectivity index (χ0v) is 15.0. The van der Waals surface area contributed by atoms with Crippen LogP contribution in [0.4, 0.5) is 0 Å². The molecule has 0 N–H and O–H groups in total. The van der Waals surface area contributed by atoms with Crippen LogP contribution in [0.15, 0.2) is 36.0 Å². The fourth-order valence-electron chi connectivity index (χ4n) is 3.84. The number of hydrogen-bond acceptors (Lipinski definition) is 6. The van der Waals surface area contributed by atoms with Crippen molar-refractivity contribution in [1.29, 1.82) is 0 Å². The first-order chi connectivity index (χ1) is 11.8. The molecule has 0 aromatic heterocycles. The van der Waals surface area contributed by atoms with E-state index in [0.717, 1.165) is 11.1 Å². The number of rotatable bonds is 4. The standard InChI is InChI=1S/C19H24O6/c1-11(2)15-10-19(17(21)23-4,18(22)24-5)16-9-7-13(25-12(3)20)6-8-14(15)16/h6,8,10,13-14,16H,1,7,9H2,2-5H3/t13-,14-,16+/m0/s1. The van der Waals surface area contributed by atoms with E-state index in [4.69, 9.17) is 14.2 Å². The van der Waals surface area contributed by atoms with Crippen LogP contribution >= 0.6 is 0 Å². The molecule has 0 unspecified atom stereocenters. The largest absolute Gasteiger partial charge is 0.468 e. The van der Waals surface area contributed by atoms with E-state index in [1.165, 1.54) is 21.1 Å². The van der Waals surface area contributed by atoms with Crippen LogP contribution in [0.25, 0.3) is 0 Å². The minimum absolute atomic E-state index is 0.198. The van der Waals surface area contributed by atoms with Gasteiger partial charge in [0.25, 0.3) is 0 Å². The zero-order valence-electron chi connectivity index (χ0n) is 15.0. The first kappa shape index (κ1) is 19.0. The van der Waals surface area contributed by atoms with Crippen molar-refractivity contribution in [2.24, 2.45) is 17.3 Å². The van der Waals surface area contributed by atoms with E-state index in [9.17, 15) is 14.4 Å². The molecule has 6 heteroatoms. The lowest BCUT2D eigenvalue weighted by Gasteiger charge is -2.31. The van der Waals surface area contributed by atoms with E-state index in [1.54, 1.807) is 6.08 Å². The van der Waals surface area contributed by atoms with Gasteiger partial charge in [-0.1, -0.05) is 24.3 Å². The van der Waals surface area contributed by atoms with Gasteiger partial charge < -0.3 is 14.2 Å². The summed E-state index contributed by atoms with van der Waals surface area (Å²) >= 11 is 0. The molecular formula is C19H24O6. The van der Waals surface area contributed by atoms with Gasteiger partial charge in [-0.25, -0.2) is 0 Å². The lowest BCUT2D eigenvalue weighted by Crippen LogP contribution is -2.45. The molecule has 25 heavy (non-hydrogen) atoms. The van der Waals surface area contributed by atoms with Crippen molar-refractivity contribution in [3.05, 3.63) is 36.0 Å². The molecule has 6 nitrogen and oxygen atoms in total. The van der Waals surface area contributed by atoms with Gasteiger partial charge in [-0.3, -0.25) is 14.4 Å². The minimum atomic E-state index is -1.52. The maximum Gasteiger partial charge on any atom is 0.327 e. The molecule has 2 aliphatic carbocycles. The molecule has 3 atom stereocenters. The van der Waals surface area contributed by atoms with Crippen molar-refractivity contribution < 1.29 is 28.6 Å². The number of esters is 3. The first-order valence-corrected chi connectivity index (χ1v) is 8.19. The van der Waals surface area contributed by atoms with Gasteiger partial charge in [0.15, 0.2) is 5.41 Å². The monoisotopic (exact) mass is 348 g/mol. The summed E-state index contributed by atoms with van der Waals surface area (Å²) in [5.41, 5.74) is 0.0542. The smallest absolute Gasteiger partial charge is 0.327 e. The van der Waals surface area contributed by atoms with Crippen LogP contribution in [0, 0.1) is 17.3 Å². The van der Waals surface area contributed by atoms with Gasteiger partial charge in [0, 0.05) is 12.8 Å². The minimum Gasteiger partial charge on any atom is -0.468 e. The van der Waals surface area contributed by atoms with Crippen molar-refractivity contribution >= 4 is 17.9 Å². The highest BCUT2D eigenvalue weighted by molar-refractivity contribution is 6.04. The predicted octanol–water partition coefficient (Wildman–Crippen LogP) is 2.35. The van der Waals surface area contributed by atoms with Crippen LogP contribution in [0.2, 0.25) is 0 Å². The van der Waals surface area contributed by atoms with Crippen LogP contribution in [-0.4, -0.2) is 38.2 Å². The summed E-state index contributed by atoms with van der Waals surface area (Å²) in [6, 6.07) is 0. The van der Waals surface area contributed by atoms with Crippen LogP contribution in [-0.2, 0) is 28.6 Å². The van der Waals surface area contributed by atoms with Gasteiger partial charge in [-0.05, 0) is 37.3 Å². The Balaban J connectivity index is 2.52. The topological polar surface area (TPSA) is 78.9 Å². The first-order valence-electron chi connectivity index (χ1n) is 8.19. The second kappa shape index (κ2) is 7.25. The van der Waals surface area contributed by atoms with Crippen LogP contribution in [0.3, 0.4) is 0 Å². The van der Waals surface area contributed by atoms with E-state index in [1.807, 2.05) is 19.1 Å². The zero-order chi connectivity index (χ0) is 18.8. The molecule has 0 amide bonds. The van der Waals surface area contributed by atoms with E-state index < -0.39 is 17.4 Å². The third kappa shape index (κ3) is 3.25. The van der Waals surface area contributed by atoms with Crippen molar-refractivity contribution in [2.45, 2.75) is 32.8 Å². The Morgan fingerprint density at radius 1 is 1.08 bits per heavy atom. The molecule has 0 aromatic carbocycles. The molecule has 2 aliphatic rings. The molecule has 0 fully saturated rings. The average molecular weight is 348 g/mol. The fraction of sp³-hybridized carbons (Fsp3) is 0.526. The summed E-state index contributed by atoms with van der Waals surface area (Å²) in [5, 5.41) is 0. The van der Waals surface area contributed by atoms with Gasteiger partial charge in [-0.15, -0.1) is 0 Å². The Kier molecular flexibility index (Phi) is 5.50. The summed E-state index contributed by atoms with van der Waals surface area (Å²) in [4.78, 5) is 36.5. The Labute approximate surface area is 147 Å². The Hall–Kier alpha value is -2.37. The molecule has 0 saturated carbocycles. The normalized spacial score (nSPS) is 26.7. The van der Waals surface area contributed by atoms with Gasteiger partial charge >= 0.3 is 17.9 Å². The lowest BCUT2D eigenvalue weighted by atomic mass is 9.72. The number of methoxy groups -OCH3 is 2. The van der Waals surface area contributed by atoms with Gasteiger partial charge in [0.1, 0.15) is 6.10 Å². The Morgan fingerprint density at radius 3 is 2.16 bits per heavy atom. The number of allylic oxidation sites excluding steroid dienone is 3. The molecule has 0 saturated heterocycles. The third-order valence-electron chi connectivity index (χ3n) is 4.91. The molecule has 0 aromatic rings. The fourth-order valence-corrected chi connectivity index (χ4v) is 3.84. The Bertz CT molecular complexity index is 641. The number of fused-ring (bicyclic) bond motifs is 1. The van der Waals surface area contributed by atoms with Gasteiger partial charge in [0.05, 0.1) is 14.2 Å². The van der Waals surface area contributed by atoms with Crippen molar-refractivity contribution in [2.75, 3.05) is 14.2 Å². The number of hydrogen-bond donors (Lipinski definition) is 0. The van der Waals surface area contributed by atoms with E-state index in [0.29, 0.717) is 12.8 Å². The van der Waals surface area contributed by atoms with Crippen molar-refractivity contribution in [3.63, 3.8) is 0 Å². The maximum atomic E-state index is 12.6. The number of carbonyl (C=O) groups excluding carboxylic acids is 3. The highest BCUT2D eigenvalue weighted by Gasteiger charge is 2.59. The summed E-state index contributed by atoms with van der Waals surface area (Å²) < 4.78 is 15.2. The summed E-state index contributed by atoms with van der Waals surface area (Å²) in [7, 11) is 2.51. The van der Waals surface area contributed by atoms with Crippen LogP contribution in [0.1, 0.15) is 26.7 Å². The molecule has 0 aliphatic heterocycles. The third-order valence-corrected chi connectivity index (χ3v) is 4.91. The predicted molar refractivity (Wildman–Crippen MR) is 90.3 cm³/mol. The van der Waals surface area contributed by atoms with Gasteiger partial charge in [-0.2, -0.15) is 0 Å². The quantitative estimate of drug-likeness (QED) is 0.336. The lowest BCUT2D eigenvalue weighted by molar-refractivity contribution is -0.169. The molecule has 2 rings (SSSR count). The molecule has 0 heterocycles. The number of carbonyl (C=O) groups is 3. The van der Waals surface area contributed by atoms with Crippen molar-refractivity contribution in [1.82, 2.24) is 0 Å². The highest BCUT2D eigenvalue weighted by atomic mass is 16.5. The molecule has 0 spiro atoms. The summed E-state index contributed by atoms with van der Waals surface area (Å²) in [5.74, 6) is -2.24. The highest BCUT2D eigenvalue weighted by Crippen LogP contribution is 2.52. The average Bonchev–Trinajstić information content (AvgIpc) is 2.77. The molecule has 0 radical (unpaired) electrons. The van der Waals surface area contributed by atoms with Gasteiger partial charge in [0.2, 0.25) is 0 Å². The number of ether oxygens (including phenoxy) is 3. The van der Waals surface area contributed by atoms with E-state index >= 15 is 0 Å². The van der Waals surface area contributed by atoms with E-state index in [-0.39, 0.29) is 23.9 Å².